The summed E-state index contributed by atoms with van der Waals surface area (Å²) in [5, 5.41) is 0. The highest BCUT2D eigenvalue weighted by molar-refractivity contribution is 6.03. The number of urea groups is 1. The molecule has 2 saturated heterocycles. The van der Waals surface area contributed by atoms with Crippen molar-refractivity contribution in [3.05, 3.63) is 41.5 Å². The summed E-state index contributed by atoms with van der Waals surface area (Å²) in [6, 6.07) is 1.69. The van der Waals surface area contributed by atoms with E-state index in [1.807, 2.05) is 20.0 Å². The molecule has 0 unspecified atom stereocenters. The fourth-order valence-electron chi connectivity index (χ4n) is 3.94. The Hall–Kier alpha value is -3.56. The Balaban J connectivity index is 1.38. The Labute approximate surface area is 180 Å². The van der Waals surface area contributed by atoms with Crippen molar-refractivity contribution in [1.82, 2.24) is 24.8 Å². The lowest BCUT2D eigenvalue weighted by Crippen LogP contribution is -2.49. The Bertz CT molecular complexity index is 1020. The first-order valence-electron chi connectivity index (χ1n) is 10.2. The number of carbonyl (C=O) groups excluding carboxylic acids is 3. The molecule has 4 amide bonds. The standard InChI is InChI=1S/C21H25N7O3/c1-14-10-15(2)19(24-11-14)25-4-6-26(7-5-25)20(30)17-12-23-18(13-22-17)28-9-8-27(16(3)29)21(28)31/h10-13H,4-9H2,1-3H3. The van der Waals surface area contributed by atoms with Gasteiger partial charge in [0.25, 0.3) is 5.91 Å². The van der Waals surface area contributed by atoms with Crippen LogP contribution in [-0.4, -0.2) is 81.9 Å². The number of anilines is 2. The van der Waals surface area contributed by atoms with Crippen LogP contribution >= 0.6 is 0 Å². The summed E-state index contributed by atoms with van der Waals surface area (Å²) < 4.78 is 0. The number of piperazine rings is 1. The summed E-state index contributed by atoms with van der Waals surface area (Å²) in [5.74, 6) is 0.792. The summed E-state index contributed by atoms with van der Waals surface area (Å²) in [6.07, 6.45) is 4.65. The molecule has 2 aromatic heterocycles. The lowest BCUT2D eigenvalue weighted by Gasteiger charge is -2.35. The van der Waals surface area contributed by atoms with Gasteiger partial charge in [-0.3, -0.25) is 19.4 Å². The molecule has 0 aliphatic carbocycles. The molecule has 0 atom stereocenters. The molecule has 162 valence electrons. The first-order valence-corrected chi connectivity index (χ1v) is 10.2. The van der Waals surface area contributed by atoms with Crippen LogP contribution in [0.1, 0.15) is 28.5 Å². The van der Waals surface area contributed by atoms with Crippen molar-refractivity contribution in [2.45, 2.75) is 20.8 Å². The largest absolute Gasteiger partial charge is 0.353 e. The maximum absolute atomic E-state index is 12.8. The number of aromatic nitrogens is 3. The number of hydrogen-bond donors (Lipinski definition) is 0. The van der Waals surface area contributed by atoms with E-state index in [1.165, 1.54) is 24.2 Å². The van der Waals surface area contributed by atoms with Gasteiger partial charge < -0.3 is 9.80 Å². The van der Waals surface area contributed by atoms with Crippen molar-refractivity contribution in [1.29, 1.82) is 0 Å². The SMILES string of the molecule is CC(=O)N1CCN(c2cnc(C(=O)N3CCN(c4ncc(C)cc4C)CC3)cn2)C1=O. The van der Waals surface area contributed by atoms with Gasteiger partial charge in [-0.2, -0.15) is 0 Å². The molecule has 0 spiro atoms. The number of rotatable bonds is 3. The fourth-order valence-corrected chi connectivity index (χ4v) is 3.94. The van der Waals surface area contributed by atoms with Crippen LogP contribution in [0.25, 0.3) is 0 Å². The molecule has 0 N–H and O–H groups in total. The molecule has 2 aromatic rings. The lowest BCUT2D eigenvalue weighted by molar-refractivity contribution is -0.125. The highest BCUT2D eigenvalue weighted by Crippen LogP contribution is 2.21. The zero-order valence-corrected chi connectivity index (χ0v) is 17.9. The van der Waals surface area contributed by atoms with E-state index in [1.54, 1.807) is 4.90 Å². The molecule has 0 radical (unpaired) electrons. The number of aryl methyl sites for hydroxylation is 2. The third-order valence-electron chi connectivity index (χ3n) is 5.58. The number of carbonyl (C=O) groups is 3. The number of imide groups is 1. The van der Waals surface area contributed by atoms with Crippen molar-refractivity contribution in [2.24, 2.45) is 0 Å². The smallest absolute Gasteiger partial charge is 0.332 e. The summed E-state index contributed by atoms with van der Waals surface area (Å²) in [4.78, 5) is 56.1. The minimum Gasteiger partial charge on any atom is -0.353 e. The Kier molecular flexibility index (Phi) is 5.53. The number of hydrogen-bond acceptors (Lipinski definition) is 7. The summed E-state index contributed by atoms with van der Waals surface area (Å²) in [7, 11) is 0. The quantitative estimate of drug-likeness (QED) is 0.732. The molecule has 4 heterocycles. The van der Waals surface area contributed by atoms with Gasteiger partial charge in [-0.25, -0.2) is 19.7 Å². The van der Waals surface area contributed by atoms with Crippen LogP contribution in [0.3, 0.4) is 0 Å². The van der Waals surface area contributed by atoms with Gasteiger partial charge in [-0.1, -0.05) is 6.07 Å². The Morgan fingerprint density at radius 3 is 2.23 bits per heavy atom. The summed E-state index contributed by atoms with van der Waals surface area (Å²) in [5.41, 5.74) is 2.49. The van der Waals surface area contributed by atoms with E-state index in [0.717, 1.165) is 21.8 Å². The molecule has 31 heavy (non-hydrogen) atoms. The third kappa shape index (κ3) is 4.05. The Morgan fingerprint density at radius 2 is 1.65 bits per heavy atom. The van der Waals surface area contributed by atoms with Gasteiger partial charge in [-0.15, -0.1) is 0 Å². The maximum atomic E-state index is 12.8. The van der Waals surface area contributed by atoms with E-state index in [-0.39, 0.29) is 17.5 Å². The van der Waals surface area contributed by atoms with Crippen molar-refractivity contribution in [3.8, 4) is 0 Å². The van der Waals surface area contributed by atoms with Gasteiger partial charge in [0, 0.05) is 52.4 Å². The van der Waals surface area contributed by atoms with Crippen LogP contribution in [-0.2, 0) is 4.79 Å². The van der Waals surface area contributed by atoms with Gasteiger partial charge in [0.05, 0.1) is 12.4 Å². The van der Waals surface area contributed by atoms with E-state index in [2.05, 4.69) is 25.9 Å². The van der Waals surface area contributed by atoms with E-state index in [9.17, 15) is 14.4 Å². The van der Waals surface area contributed by atoms with Gasteiger partial charge in [0.2, 0.25) is 5.91 Å². The maximum Gasteiger partial charge on any atom is 0.332 e. The van der Waals surface area contributed by atoms with Crippen molar-refractivity contribution in [3.63, 3.8) is 0 Å². The van der Waals surface area contributed by atoms with E-state index < -0.39 is 6.03 Å². The molecule has 0 aromatic carbocycles. The molecule has 0 saturated carbocycles. The van der Waals surface area contributed by atoms with Crippen LogP contribution in [0.15, 0.2) is 24.7 Å². The lowest BCUT2D eigenvalue weighted by atomic mass is 10.2. The highest BCUT2D eigenvalue weighted by Gasteiger charge is 2.33. The molecule has 2 aliphatic heterocycles. The molecule has 2 aliphatic rings. The molecule has 0 bridgehead atoms. The number of amides is 4. The summed E-state index contributed by atoms with van der Waals surface area (Å²) >= 11 is 0. The first-order chi connectivity index (χ1) is 14.8. The summed E-state index contributed by atoms with van der Waals surface area (Å²) in [6.45, 7) is 8.60. The van der Waals surface area contributed by atoms with E-state index in [0.29, 0.717) is 45.1 Å². The molecule has 2 fully saturated rings. The average molecular weight is 423 g/mol. The average Bonchev–Trinajstić information content (AvgIpc) is 3.15. The first kappa shape index (κ1) is 20.7. The van der Waals surface area contributed by atoms with E-state index in [4.69, 9.17) is 0 Å². The second-order valence-corrected chi connectivity index (χ2v) is 7.80. The second kappa shape index (κ2) is 8.29. The third-order valence-corrected chi connectivity index (χ3v) is 5.58. The second-order valence-electron chi connectivity index (χ2n) is 7.80. The van der Waals surface area contributed by atoms with Gasteiger partial charge in [-0.05, 0) is 25.0 Å². The van der Waals surface area contributed by atoms with Crippen LogP contribution in [0.4, 0.5) is 16.4 Å². The minimum absolute atomic E-state index is 0.189. The topological polar surface area (TPSA) is 103 Å². The van der Waals surface area contributed by atoms with Crippen molar-refractivity contribution >= 4 is 29.5 Å². The normalized spacial score (nSPS) is 16.8. The molecular formula is C21H25N7O3. The van der Waals surface area contributed by atoms with Gasteiger partial charge in [0.1, 0.15) is 11.5 Å². The van der Waals surface area contributed by atoms with Crippen molar-refractivity contribution < 1.29 is 14.4 Å². The van der Waals surface area contributed by atoms with E-state index >= 15 is 0 Å². The molecular weight excluding hydrogens is 398 g/mol. The minimum atomic E-state index is -0.419. The predicted octanol–water partition coefficient (Wildman–Crippen LogP) is 1.24. The fraction of sp³-hybridized carbons (Fsp3) is 0.429. The predicted molar refractivity (Wildman–Crippen MR) is 114 cm³/mol. The molecule has 10 nitrogen and oxygen atoms in total. The van der Waals surface area contributed by atoms with Crippen LogP contribution in [0.2, 0.25) is 0 Å². The van der Waals surface area contributed by atoms with Crippen LogP contribution < -0.4 is 9.80 Å². The van der Waals surface area contributed by atoms with Crippen molar-refractivity contribution in [2.75, 3.05) is 49.1 Å². The zero-order chi connectivity index (χ0) is 22.1. The van der Waals surface area contributed by atoms with Crippen LogP contribution in [0, 0.1) is 13.8 Å². The Morgan fingerprint density at radius 1 is 0.903 bits per heavy atom. The highest BCUT2D eigenvalue weighted by atomic mass is 16.2. The number of nitrogens with zero attached hydrogens (tertiary/aromatic N) is 7. The van der Waals surface area contributed by atoms with Gasteiger partial charge >= 0.3 is 6.03 Å². The monoisotopic (exact) mass is 423 g/mol. The molecule has 10 heteroatoms. The van der Waals surface area contributed by atoms with Gasteiger partial charge in [0.15, 0.2) is 5.82 Å². The number of pyridine rings is 1. The zero-order valence-electron chi connectivity index (χ0n) is 17.9. The molecule has 4 rings (SSSR count). The van der Waals surface area contributed by atoms with Crippen LogP contribution in [0.5, 0.6) is 0 Å².